The Labute approximate surface area is 147 Å². The van der Waals surface area contributed by atoms with Gasteiger partial charge in [0.2, 0.25) is 0 Å². The lowest BCUT2D eigenvalue weighted by molar-refractivity contribution is -0.154. The van der Waals surface area contributed by atoms with Gasteiger partial charge in [0, 0.05) is 6.54 Å². The number of carbonyl (C=O) groups is 1. The summed E-state index contributed by atoms with van der Waals surface area (Å²) in [4.78, 5) is 12.6. The number of ether oxygens (including phenoxy) is 1. The summed E-state index contributed by atoms with van der Waals surface area (Å²) in [5.41, 5.74) is 2.60. The summed E-state index contributed by atoms with van der Waals surface area (Å²) in [7, 11) is 1.96. The van der Waals surface area contributed by atoms with Crippen LogP contribution in [0.3, 0.4) is 0 Å². The fraction of sp³-hybridized carbons (Fsp3) is 0.667. The summed E-state index contributed by atoms with van der Waals surface area (Å²) < 4.78 is 5.77. The van der Waals surface area contributed by atoms with Gasteiger partial charge in [-0.2, -0.15) is 0 Å². The van der Waals surface area contributed by atoms with E-state index in [2.05, 4.69) is 43.4 Å². The molecule has 1 aliphatic rings. The Morgan fingerprint density at radius 2 is 1.79 bits per heavy atom. The maximum Gasteiger partial charge on any atom is 0.309 e. The molecule has 0 aliphatic heterocycles. The topological polar surface area (TPSA) is 38.3 Å². The molecule has 2 rings (SSSR count). The lowest BCUT2D eigenvalue weighted by atomic mass is 9.91. The van der Waals surface area contributed by atoms with Crippen LogP contribution in [0.15, 0.2) is 24.3 Å². The summed E-state index contributed by atoms with van der Waals surface area (Å²) in [5, 5.41) is 3.16. The molecular formula is C21H33NO2. The SMILES string of the molecule is CNCc1ccc(CC[C@@H](CC(C)C)C(=O)OC2CCCC2)cc1. The van der Waals surface area contributed by atoms with Gasteiger partial charge in [-0.3, -0.25) is 4.79 Å². The standard InChI is InChI=1S/C21H33NO2/c1-16(2)14-19(21(23)24-20-6-4-5-7-20)13-12-17-8-10-18(11-9-17)15-22-3/h8-11,16,19-20,22H,4-7,12-15H2,1-3H3/t19-/m0/s1. The molecule has 0 saturated heterocycles. The highest BCUT2D eigenvalue weighted by atomic mass is 16.5. The average Bonchev–Trinajstić information content (AvgIpc) is 3.05. The largest absolute Gasteiger partial charge is 0.462 e. The minimum absolute atomic E-state index is 0.0300. The van der Waals surface area contributed by atoms with Crippen LogP contribution in [0.25, 0.3) is 0 Å². The summed E-state index contributed by atoms with van der Waals surface area (Å²) in [6.45, 7) is 5.26. The van der Waals surface area contributed by atoms with E-state index < -0.39 is 0 Å². The number of rotatable bonds is 9. The molecule has 1 saturated carbocycles. The van der Waals surface area contributed by atoms with Crippen LogP contribution < -0.4 is 5.32 Å². The number of aryl methyl sites for hydroxylation is 1. The zero-order chi connectivity index (χ0) is 17.4. The third-order valence-electron chi connectivity index (χ3n) is 4.86. The second-order valence-corrected chi connectivity index (χ2v) is 7.56. The van der Waals surface area contributed by atoms with E-state index in [9.17, 15) is 4.79 Å². The fourth-order valence-electron chi connectivity index (χ4n) is 3.54. The molecule has 0 bridgehead atoms. The lowest BCUT2D eigenvalue weighted by Crippen LogP contribution is -2.24. The first-order chi connectivity index (χ1) is 11.6. The van der Waals surface area contributed by atoms with Crippen molar-refractivity contribution < 1.29 is 9.53 Å². The Morgan fingerprint density at radius 1 is 1.17 bits per heavy atom. The van der Waals surface area contributed by atoms with E-state index in [1.807, 2.05) is 7.05 Å². The summed E-state index contributed by atoms with van der Waals surface area (Å²) in [6.07, 6.45) is 7.42. The molecule has 0 amide bonds. The molecule has 1 aromatic rings. The summed E-state index contributed by atoms with van der Waals surface area (Å²) in [6, 6.07) is 8.70. The van der Waals surface area contributed by atoms with E-state index in [1.165, 1.54) is 24.0 Å². The van der Waals surface area contributed by atoms with Gasteiger partial charge in [0.15, 0.2) is 0 Å². The fourth-order valence-corrected chi connectivity index (χ4v) is 3.54. The minimum atomic E-state index is 0.0300. The molecule has 1 aromatic carbocycles. The van der Waals surface area contributed by atoms with Gasteiger partial charge in [-0.05, 0) is 69.0 Å². The molecule has 0 unspecified atom stereocenters. The number of hydrogen-bond acceptors (Lipinski definition) is 3. The molecule has 3 heteroatoms. The van der Waals surface area contributed by atoms with Crippen LogP contribution in [-0.4, -0.2) is 19.1 Å². The smallest absolute Gasteiger partial charge is 0.309 e. The Bertz CT molecular complexity index is 489. The highest BCUT2D eigenvalue weighted by Gasteiger charge is 2.26. The molecule has 1 aliphatic carbocycles. The van der Waals surface area contributed by atoms with Gasteiger partial charge in [0.05, 0.1) is 5.92 Å². The van der Waals surface area contributed by atoms with Gasteiger partial charge < -0.3 is 10.1 Å². The van der Waals surface area contributed by atoms with Crippen molar-refractivity contribution in [2.24, 2.45) is 11.8 Å². The van der Waals surface area contributed by atoms with Crippen molar-refractivity contribution in [3.63, 3.8) is 0 Å². The van der Waals surface area contributed by atoms with E-state index in [4.69, 9.17) is 4.74 Å². The number of carbonyl (C=O) groups excluding carboxylic acids is 1. The van der Waals surface area contributed by atoms with Gasteiger partial charge in [-0.1, -0.05) is 38.1 Å². The van der Waals surface area contributed by atoms with Crippen molar-refractivity contribution in [3.05, 3.63) is 35.4 Å². The molecule has 3 nitrogen and oxygen atoms in total. The van der Waals surface area contributed by atoms with Gasteiger partial charge >= 0.3 is 5.97 Å². The van der Waals surface area contributed by atoms with Crippen molar-refractivity contribution in [2.75, 3.05) is 7.05 Å². The maximum absolute atomic E-state index is 12.6. The van der Waals surface area contributed by atoms with Crippen molar-refractivity contribution in [3.8, 4) is 0 Å². The molecule has 1 N–H and O–H groups in total. The summed E-state index contributed by atoms with van der Waals surface area (Å²) in [5.74, 6) is 0.578. The molecule has 1 fully saturated rings. The Morgan fingerprint density at radius 3 is 2.38 bits per heavy atom. The second kappa shape index (κ2) is 9.83. The second-order valence-electron chi connectivity index (χ2n) is 7.56. The van der Waals surface area contributed by atoms with Crippen LogP contribution in [0.5, 0.6) is 0 Å². The van der Waals surface area contributed by atoms with Crippen LogP contribution in [0, 0.1) is 11.8 Å². The van der Waals surface area contributed by atoms with Crippen molar-refractivity contribution in [2.45, 2.75) is 71.4 Å². The van der Waals surface area contributed by atoms with Crippen LogP contribution in [0.1, 0.15) is 63.5 Å². The number of benzene rings is 1. The maximum atomic E-state index is 12.6. The van der Waals surface area contributed by atoms with E-state index in [1.54, 1.807) is 0 Å². The van der Waals surface area contributed by atoms with Crippen molar-refractivity contribution in [1.82, 2.24) is 5.32 Å². The van der Waals surface area contributed by atoms with Crippen LogP contribution >= 0.6 is 0 Å². The molecule has 134 valence electrons. The van der Waals surface area contributed by atoms with Crippen LogP contribution in [0.2, 0.25) is 0 Å². The Hall–Kier alpha value is -1.35. The van der Waals surface area contributed by atoms with E-state index >= 15 is 0 Å². The first-order valence-electron chi connectivity index (χ1n) is 9.51. The molecule has 0 radical (unpaired) electrons. The van der Waals surface area contributed by atoms with E-state index in [0.29, 0.717) is 5.92 Å². The van der Waals surface area contributed by atoms with Gasteiger partial charge in [0.25, 0.3) is 0 Å². The van der Waals surface area contributed by atoms with Crippen LogP contribution in [0.4, 0.5) is 0 Å². The van der Waals surface area contributed by atoms with E-state index in [0.717, 1.165) is 38.6 Å². The molecular weight excluding hydrogens is 298 g/mol. The first kappa shape index (κ1) is 19.0. The van der Waals surface area contributed by atoms with Crippen molar-refractivity contribution in [1.29, 1.82) is 0 Å². The highest BCUT2D eigenvalue weighted by Crippen LogP contribution is 2.25. The molecule has 24 heavy (non-hydrogen) atoms. The lowest BCUT2D eigenvalue weighted by Gasteiger charge is -2.20. The predicted octanol–water partition coefficient (Wildman–Crippen LogP) is 4.49. The first-order valence-corrected chi connectivity index (χ1v) is 9.51. The van der Waals surface area contributed by atoms with Gasteiger partial charge in [-0.25, -0.2) is 0 Å². The summed E-state index contributed by atoms with van der Waals surface area (Å²) >= 11 is 0. The van der Waals surface area contributed by atoms with E-state index in [-0.39, 0.29) is 18.0 Å². The molecule has 0 heterocycles. The highest BCUT2D eigenvalue weighted by molar-refractivity contribution is 5.72. The quantitative estimate of drug-likeness (QED) is 0.678. The number of esters is 1. The van der Waals surface area contributed by atoms with Crippen molar-refractivity contribution >= 4 is 5.97 Å². The third kappa shape index (κ3) is 6.27. The molecule has 0 aromatic heterocycles. The van der Waals surface area contributed by atoms with Gasteiger partial charge in [0.1, 0.15) is 6.10 Å². The predicted molar refractivity (Wildman–Crippen MR) is 98.8 cm³/mol. The molecule has 0 spiro atoms. The number of nitrogens with one attached hydrogen (secondary N) is 1. The third-order valence-corrected chi connectivity index (χ3v) is 4.86. The van der Waals surface area contributed by atoms with Crippen LogP contribution in [-0.2, 0) is 22.5 Å². The Balaban J connectivity index is 1.88. The Kier molecular flexibility index (Phi) is 7.77. The van der Waals surface area contributed by atoms with Gasteiger partial charge in [-0.15, -0.1) is 0 Å². The zero-order valence-electron chi connectivity index (χ0n) is 15.5. The minimum Gasteiger partial charge on any atom is -0.462 e. The average molecular weight is 332 g/mol. The normalized spacial score (nSPS) is 16.5. The monoisotopic (exact) mass is 331 g/mol. The number of hydrogen-bond donors (Lipinski definition) is 1. The molecule has 1 atom stereocenters. The zero-order valence-corrected chi connectivity index (χ0v) is 15.5.